The third-order valence-electron chi connectivity index (χ3n) is 7.10. The van der Waals surface area contributed by atoms with Crippen molar-refractivity contribution in [2.45, 2.75) is 114 Å². The second kappa shape index (κ2) is 15.9. The minimum absolute atomic E-state index is 0.0319. The van der Waals surface area contributed by atoms with Gasteiger partial charge in [-0.2, -0.15) is 0 Å². The second-order valence-electron chi connectivity index (χ2n) is 9.75. The maximum absolute atomic E-state index is 12.3. The quantitative estimate of drug-likeness (QED) is 0.150. The summed E-state index contributed by atoms with van der Waals surface area (Å²) in [5, 5.41) is 48.8. The van der Waals surface area contributed by atoms with E-state index >= 15 is 0 Å². The van der Waals surface area contributed by atoms with Crippen LogP contribution in [-0.4, -0.2) is 93.9 Å². The number of unbranched alkanes of at least 4 members (excludes halogenated alkanes) is 5. The molecule has 4 unspecified atom stereocenters. The first kappa shape index (κ1) is 30.1. The lowest BCUT2D eigenvalue weighted by Gasteiger charge is -2.39. The van der Waals surface area contributed by atoms with Gasteiger partial charge in [0.15, 0.2) is 6.29 Å². The SMILES string of the molecule is CCCCCC1C(O)CC(=O)C1CCCCCCC(=O)OCCOC1O[C@H](CO)[C@@H](O)[C@H](O)[C@H]1O. The summed E-state index contributed by atoms with van der Waals surface area (Å²) in [4.78, 5) is 24.2. The van der Waals surface area contributed by atoms with Gasteiger partial charge in [0.2, 0.25) is 0 Å². The number of Topliss-reactive ketones (excluding diaryl/α,β-unsaturated/α-hetero) is 1. The van der Waals surface area contributed by atoms with Crippen molar-refractivity contribution in [1.82, 2.24) is 0 Å². The van der Waals surface area contributed by atoms with Gasteiger partial charge in [-0.1, -0.05) is 45.4 Å². The van der Waals surface area contributed by atoms with Gasteiger partial charge in [-0.3, -0.25) is 9.59 Å². The van der Waals surface area contributed by atoms with Crippen LogP contribution in [0.5, 0.6) is 0 Å². The molecule has 5 N–H and O–H groups in total. The topological polar surface area (TPSA) is 163 Å². The minimum Gasteiger partial charge on any atom is -0.463 e. The maximum atomic E-state index is 12.3. The highest BCUT2D eigenvalue weighted by atomic mass is 16.7. The second-order valence-corrected chi connectivity index (χ2v) is 9.75. The summed E-state index contributed by atoms with van der Waals surface area (Å²) in [6.07, 6.45) is 1.64. The fourth-order valence-electron chi connectivity index (χ4n) is 5.00. The Morgan fingerprint density at radius 1 is 0.943 bits per heavy atom. The van der Waals surface area contributed by atoms with E-state index in [4.69, 9.17) is 19.3 Å². The Balaban J connectivity index is 1.53. The van der Waals surface area contributed by atoms with Gasteiger partial charge >= 0.3 is 5.97 Å². The minimum atomic E-state index is -1.52. The zero-order chi connectivity index (χ0) is 25.8. The number of esters is 1. The van der Waals surface area contributed by atoms with E-state index in [0.717, 1.165) is 51.4 Å². The molecule has 1 heterocycles. The van der Waals surface area contributed by atoms with Gasteiger partial charge in [-0.05, 0) is 25.2 Å². The molecular weight excluding hydrogens is 460 g/mol. The number of aliphatic hydroxyl groups is 5. The van der Waals surface area contributed by atoms with Crippen LogP contribution in [0.1, 0.15) is 77.6 Å². The van der Waals surface area contributed by atoms with Crippen molar-refractivity contribution in [2.75, 3.05) is 19.8 Å². The van der Waals surface area contributed by atoms with E-state index in [9.17, 15) is 30.0 Å². The molecule has 1 saturated heterocycles. The number of aliphatic hydroxyl groups excluding tert-OH is 5. The standard InChI is InChI=1S/C25H44O10/c1-2-3-6-9-16-17(19(28)14-18(16)27)10-7-4-5-8-11-21(29)33-12-13-34-25-24(32)23(31)22(30)20(15-26)35-25/h16-18,20,22-27,30-32H,2-15H2,1H3/t16?,17?,18?,20-,22-,23+,24-,25?/m1/s1. The number of carbonyl (C=O) groups excluding carboxylic acids is 2. The molecule has 1 aliphatic carbocycles. The molecule has 10 nitrogen and oxygen atoms in total. The Bertz CT molecular complexity index is 627. The smallest absolute Gasteiger partial charge is 0.305 e. The van der Waals surface area contributed by atoms with Gasteiger partial charge in [0.05, 0.1) is 19.3 Å². The molecule has 0 aromatic rings. The van der Waals surface area contributed by atoms with Crippen molar-refractivity contribution in [1.29, 1.82) is 0 Å². The van der Waals surface area contributed by atoms with E-state index in [-0.39, 0.29) is 49.6 Å². The highest BCUT2D eigenvalue weighted by Crippen LogP contribution is 2.36. The van der Waals surface area contributed by atoms with E-state index < -0.39 is 43.4 Å². The first-order valence-electron chi connectivity index (χ1n) is 13.1. The van der Waals surface area contributed by atoms with Crippen molar-refractivity contribution in [2.24, 2.45) is 11.8 Å². The van der Waals surface area contributed by atoms with Gasteiger partial charge in [0, 0.05) is 18.8 Å². The molecule has 0 aromatic carbocycles. The van der Waals surface area contributed by atoms with Gasteiger partial charge in [-0.15, -0.1) is 0 Å². The Kier molecular flexibility index (Phi) is 13.6. The average Bonchev–Trinajstić information content (AvgIpc) is 3.10. The number of ether oxygens (including phenoxy) is 3. The van der Waals surface area contributed by atoms with Gasteiger partial charge in [0.25, 0.3) is 0 Å². The highest BCUT2D eigenvalue weighted by Gasteiger charge is 2.44. The van der Waals surface area contributed by atoms with Crippen LogP contribution in [0.2, 0.25) is 0 Å². The number of rotatable bonds is 16. The summed E-state index contributed by atoms with van der Waals surface area (Å²) < 4.78 is 15.6. The lowest BCUT2D eigenvalue weighted by atomic mass is 9.85. The molecule has 0 bridgehead atoms. The van der Waals surface area contributed by atoms with E-state index in [1.165, 1.54) is 0 Å². The average molecular weight is 505 g/mol. The van der Waals surface area contributed by atoms with Crippen LogP contribution in [0.15, 0.2) is 0 Å². The third kappa shape index (κ3) is 9.35. The van der Waals surface area contributed by atoms with Gasteiger partial charge < -0.3 is 39.7 Å². The molecule has 35 heavy (non-hydrogen) atoms. The van der Waals surface area contributed by atoms with Gasteiger partial charge in [-0.25, -0.2) is 0 Å². The monoisotopic (exact) mass is 504 g/mol. The predicted molar refractivity (Wildman–Crippen MR) is 125 cm³/mol. The summed E-state index contributed by atoms with van der Waals surface area (Å²) >= 11 is 0. The van der Waals surface area contributed by atoms with Crippen LogP contribution < -0.4 is 0 Å². The molecular formula is C25H44O10. The van der Waals surface area contributed by atoms with Crippen molar-refractivity contribution in [3.05, 3.63) is 0 Å². The summed E-state index contributed by atoms with van der Waals surface area (Å²) in [5.74, 6) is -0.120. The fourth-order valence-corrected chi connectivity index (χ4v) is 5.00. The molecule has 0 radical (unpaired) electrons. The van der Waals surface area contributed by atoms with E-state index in [1.54, 1.807) is 0 Å². The molecule has 2 aliphatic rings. The predicted octanol–water partition coefficient (Wildman–Crippen LogP) is 0.833. The first-order valence-corrected chi connectivity index (χ1v) is 13.1. The third-order valence-corrected chi connectivity index (χ3v) is 7.10. The molecule has 0 spiro atoms. The summed E-state index contributed by atoms with van der Waals surface area (Å²) in [6, 6.07) is 0. The van der Waals surface area contributed by atoms with Crippen LogP contribution in [-0.2, 0) is 23.8 Å². The normalized spacial score (nSPS) is 33.3. The molecule has 1 saturated carbocycles. The van der Waals surface area contributed by atoms with Crippen LogP contribution in [0, 0.1) is 11.8 Å². The molecule has 2 fully saturated rings. The van der Waals surface area contributed by atoms with Crippen molar-refractivity contribution in [3.8, 4) is 0 Å². The maximum Gasteiger partial charge on any atom is 0.305 e. The Hall–Kier alpha value is -1.14. The van der Waals surface area contributed by atoms with Crippen LogP contribution in [0.4, 0.5) is 0 Å². The highest BCUT2D eigenvalue weighted by molar-refractivity contribution is 5.84. The van der Waals surface area contributed by atoms with Gasteiger partial charge in [0.1, 0.15) is 36.8 Å². The lowest BCUT2D eigenvalue weighted by Crippen LogP contribution is -2.59. The Labute approximate surface area is 207 Å². The molecule has 0 amide bonds. The molecule has 10 heteroatoms. The first-order chi connectivity index (χ1) is 16.8. The molecule has 0 aromatic heterocycles. The molecule has 2 rings (SSSR count). The zero-order valence-electron chi connectivity index (χ0n) is 20.8. The summed E-state index contributed by atoms with van der Waals surface area (Å²) in [6.45, 7) is 1.47. The number of carbonyl (C=O) groups is 2. The number of hydrogen-bond acceptors (Lipinski definition) is 10. The molecule has 204 valence electrons. The Morgan fingerprint density at radius 2 is 1.66 bits per heavy atom. The zero-order valence-corrected chi connectivity index (χ0v) is 20.8. The lowest BCUT2D eigenvalue weighted by molar-refractivity contribution is -0.302. The van der Waals surface area contributed by atoms with E-state index in [1.807, 2.05) is 0 Å². The van der Waals surface area contributed by atoms with E-state index in [0.29, 0.717) is 6.42 Å². The molecule has 1 aliphatic heterocycles. The van der Waals surface area contributed by atoms with Crippen molar-refractivity contribution < 1.29 is 49.3 Å². The van der Waals surface area contributed by atoms with Crippen LogP contribution in [0.25, 0.3) is 0 Å². The molecule has 8 atom stereocenters. The fraction of sp³-hybridized carbons (Fsp3) is 0.920. The Morgan fingerprint density at radius 3 is 2.37 bits per heavy atom. The summed E-state index contributed by atoms with van der Waals surface area (Å²) in [7, 11) is 0. The number of ketones is 1. The number of hydrogen-bond donors (Lipinski definition) is 5. The van der Waals surface area contributed by atoms with Crippen LogP contribution >= 0.6 is 0 Å². The van der Waals surface area contributed by atoms with Crippen molar-refractivity contribution in [3.63, 3.8) is 0 Å². The van der Waals surface area contributed by atoms with E-state index in [2.05, 4.69) is 6.92 Å². The van der Waals surface area contributed by atoms with Crippen molar-refractivity contribution >= 4 is 11.8 Å². The largest absolute Gasteiger partial charge is 0.463 e. The summed E-state index contributed by atoms with van der Waals surface area (Å²) in [5.41, 5.74) is 0. The van der Waals surface area contributed by atoms with Crippen LogP contribution in [0.3, 0.4) is 0 Å².